The second-order valence-electron chi connectivity index (χ2n) is 3.66. The zero-order valence-corrected chi connectivity index (χ0v) is 8.96. The number of hydrogen-bond donors (Lipinski definition) is 1. The summed E-state index contributed by atoms with van der Waals surface area (Å²) in [5.74, 6) is -1.27. The predicted molar refractivity (Wildman–Crippen MR) is 57.7 cm³/mol. The first kappa shape index (κ1) is 10.6. The number of aryl methyl sites for hydroxylation is 2. The van der Waals surface area contributed by atoms with Crippen molar-refractivity contribution in [3.05, 3.63) is 35.4 Å². The molecule has 1 heterocycles. The van der Waals surface area contributed by atoms with Crippen LogP contribution in [0.1, 0.15) is 5.56 Å². The van der Waals surface area contributed by atoms with Crippen LogP contribution in [0, 0.1) is 18.6 Å². The molecule has 0 spiro atoms. The highest BCUT2D eigenvalue weighted by Crippen LogP contribution is 2.25. The smallest absolute Gasteiger partial charge is 0.159 e. The van der Waals surface area contributed by atoms with Crippen molar-refractivity contribution >= 4 is 5.82 Å². The van der Waals surface area contributed by atoms with Crippen molar-refractivity contribution in [2.45, 2.75) is 6.92 Å². The molecule has 2 rings (SSSR count). The molecule has 0 radical (unpaired) electrons. The highest BCUT2D eigenvalue weighted by molar-refractivity contribution is 5.66. The topological polar surface area (TPSA) is 43.8 Å². The predicted octanol–water partition coefficient (Wildman–Crippen LogP) is 2.26. The third kappa shape index (κ3) is 1.64. The van der Waals surface area contributed by atoms with Crippen LogP contribution in [0.2, 0.25) is 0 Å². The van der Waals surface area contributed by atoms with Crippen LogP contribution in [0.15, 0.2) is 18.2 Å². The van der Waals surface area contributed by atoms with Crippen LogP contribution in [0.5, 0.6) is 0 Å². The summed E-state index contributed by atoms with van der Waals surface area (Å²) < 4.78 is 27.5. The average Bonchev–Trinajstić information content (AvgIpc) is 2.53. The quantitative estimate of drug-likeness (QED) is 0.805. The van der Waals surface area contributed by atoms with Gasteiger partial charge >= 0.3 is 0 Å². The molecular weight excluding hydrogens is 212 g/mol. The number of nitrogens with zero attached hydrogens (tertiary/aromatic N) is 2. The van der Waals surface area contributed by atoms with Gasteiger partial charge < -0.3 is 5.73 Å². The Morgan fingerprint density at radius 1 is 1.19 bits per heavy atom. The van der Waals surface area contributed by atoms with E-state index in [9.17, 15) is 8.78 Å². The van der Waals surface area contributed by atoms with Gasteiger partial charge in [0, 0.05) is 18.7 Å². The van der Waals surface area contributed by atoms with Crippen LogP contribution in [0.4, 0.5) is 14.6 Å². The number of anilines is 1. The van der Waals surface area contributed by atoms with Crippen molar-refractivity contribution in [2.75, 3.05) is 5.73 Å². The fourth-order valence-electron chi connectivity index (χ4n) is 1.54. The largest absolute Gasteiger partial charge is 0.384 e. The van der Waals surface area contributed by atoms with Gasteiger partial charge in [0.2, 0.25) is 0 Å². The van der Waals surface area contributed by atoms with Crippen molar-refractivity contribution in [3.63, 3.8) is 0 Å². The maximum atomic E-state index is 13.1. The SMILES string of the molecule is Cc1cc(F)c(F)cc1-c1cc(N)n(C)n1. The minimum atomic E-state index is -0.884. The maximum Gasteiger partial charge on any atom is 0.159 e. The molecule has 84 valence electrons. The lowest BCUT2D eigenvalue weighted by Crippen LogP contribution is -1.97. The number of benzene rings is 1. The molecule has 0 amide bonds. The Kier molecular flexibility index (Phi) is 2.38. The lowest BCUT2D eigenvalue weighted by molar-refractivity contribution is 0.508. The summed E-state index contributed by atoms with van der Waals surface area (Å²) in [7, 11) is 1.69. The van der Waals surface area contributed by atoms with E-state index in [2.05, 4.69) is 5.10 Å². The molecule has 1 aromatic carbocycles. The molecule has 0 bridgehead atoms. The fourth-order valence-corrected chi connectivity index (χ4v) is 1.54. The summed E-state index contributed by atoms with van der Waals surface area (Å²) in [4.78, 5) is 0. The van der Waals surface area contributed by atoms with Crippen molar-refractivity contribution in [3.8, 4) is 11.3 Å². The molecule has 0 fully saturated rings. The van der Waals surface area contributed by atoms with E-state index in [0.717, 1.165) is 12.1 Å². The normalized spacial score (nSPS) is 10.8. The van der Waals surface area contributed by atoms with Gasteiger partial charge in [-0.15, -0.1) is 0 Å². The average molecular weight is 223 g/mol. The molecule has 0 aliphatic carbocycles. The van der Waals surface area contributed by atoms with Gasteiger partial charge in [-0.05, 0) is 24.6 Å². The first-order valence-electron chi connectivity index (χ1n) is 4.74. The molecule has 16 heavy (non-hydrogen) atoms. The zero-order valence-electron chi connectivity index (χ0n) is 8.96. The van der Waals surface area contributed by atoms with Gasteiger partial charge in [0.15, 0.2) is 11.6 Å². The second kappa shape index (κ2) is 3.59. The highest BCUT2D eigenvalue weighted by atomic mass is 19.2. The Bertz CT molecular complexity index is 527. The number of hydrogen-bond acceptors (Lipinski definition) is 2. The Balaban J connectivity index is 2.60. The van der Waals surface area contributed by atoms with Gasteiger partial charge in [0.25, 0.3) is 0 Å². The van der Waals surface area contributed by atoms with Crippen molar-refractivity contribution in [1.82, 2.24) is 9.78 Å². The van der Waals surface area contributed by atoms with Gasteiger partial charge in [-0.2, -0.15) is 5.10 Å². The lowest BCUT2D eigenvalue weighted by Gasteiger charge is -2.03. The Hall–Kier alpha value is -1.91. The van der Waals surface area contributed by atoms with Crippen LogP contribution < -0.4 is 5.73 Å². The molecule has 1 aromatic heterocycles. The van der Waals surface area contributed by atoms with Crippen LogP contribution in [-0.2, 0) is 7.05 Å². The maximum absolute atomic E-state index is 13.1. The van der Waals surface area contributed by atoms with Gasteiger partial charge in [-0.3, -0.25) is 4.68 Å². The molecule has 2 aromatic rings. The Labute approximate surface area is 91.5 Å². The van der Waals surface area contributed by atoms with E-state index >= 15 is 0 Å². The first-order valence-corrected chi connectivity index (χ1v) is 4.74. The Morgan fingerprint density at radius 2 is 1.81 bits per heavy atom. The third-order valence-electron chi connectivity index (χ3n) is 2.46. The summed E-state index contributed by atoms with van der Waals surface area (Å²) in [6, 6.07) is 3.90. The second-order valence-corrected chi connectivity index (χ2v) is 3.66. The molecule has 0 atom stereocenters. The summed E-state index contributed by atoms with van der Waals surface area (Å²) in [6.07, 6.45) is 0. The van der Waals surface area contributed by atoms with Crippen LogP contribution in [-0.4, -0.2) is 9.78 Å². The van der Waals surface area contributed by atoms with E-state index in [-0.39, 0.29) is 0 Å². The van der Waals surface area contributed by atoms with Crippen molar-refractivity contribution < 1.29 is 8.78 Å². The number of halogens is 2. The molecule has 2 N–H and O–H groups in total. The van der Waals surface area contributed by atoms with Crippen LogP contribution in [0.25, 0.3) is 11.3 Å². The van der Waals surface area contributed by atoms with Gasteiger partial charge in [-0.25, -0.2) is 8.78 Å². The number of nitrogen functional groups attached to an aromatic ring is 1. The molecule has 0 saturated carbocycles. The number of nitrogens with two attached hydrogens (primary N) is 1. The summed E-state index contributed by atoms with van der Waals surface area (Å²) in [6.45, 7) is 1.70. The van der Waals surface area contributed by atoms with E-state index in [1.54, 1.807) is 20.0 Å². The number of aromatic nitrogens is 2. The van der Waals surface area contributed by atoms with E-state index < -0.39 is 11.6 Å². The summed E-state index contributed by atoms with van der Waals surface area (Å²) >= 11 is 0. The van der Waals surface area contributed by atoms with Gasteiger partial charge in [0.1, 0.15) is 5.82 Å². The monoisotopic (exact) mass is 223 g/mol. The molecular formula is C11H11F2N3. The Morgan fingerprint density at radius 3 is 2.38 bits per heavy atom. The van der Waals surface area contributed by atoms with E-state index in [0.29, 0.717) is 22.6 Å². The standard InChI is InChI=1S/C11H11F2N3/c1-6-3-8(12)9(13)4-7(6)10-5-11(14)16(2)15-10/h3-5H,14H2,1-2H3. The third-order valence-corrected chi connectivity index (χ3v) is 2.46. The number of rotatable bonds is 1. The lowest BCUT2D eigenvalue weighted by atomic mass is 10.1. The molecule has 0 saturated heterocycles. The van der Waals surface area contributed by atoms with E-state index in [4.69, 9.17) is 5.73 Å². The molecule has 3 nitrogen and oxygen atoms in total. The summed E-state index contributed by atoms with van der Waals surface area (Å²) in [5.41, 5.74) is 7.34. The van der Waals surface area contributed by atoms with Crippen molar-refractivity contribution in [1.29, 1.82) is 0 Å². The van der Waals surface area contributed by atoms with E-state index in [1.807, 2.05) is 0 Å². The molecule has 0 aliphatic heterocycles. The summed E-state index contributed by atoms with van der Waals surface area (Å²) in [5, 5.41) is 4.11. The zero-order chi connectivity index (χ0) is 11.9. The van der Waals surface area contributed by atoms with E-state index in [1.165, 1.54) is 4.68 Å². The van der Waals surface area contributed by atoms with Crippen LogP contribution in [0.3, 0.4) is 0 Å². The fraction of sp³-hybridized carbons (Fsp3) is 0.182. The van der Waals surface area contributed by atoms with Crippen LogP contribution >= 0.6 is 0 Å². The van der Waals surface area contributed by atoms with Gasteiger partial charge in [-0.1, -0.05) is 0 Å². The van der Waals surface area contributed by atoms with Gasteiger partial charge in [0.05, 0.1) is 5.69 Å². The molecule has 5 heteroatoms. The molecule has 0 aliphatic rings. The van der Waals surface area contributed by atoms with Crippen molar-refractivity contribution in [2.24, 2.45) is 7.05 Å². The first-order chi connectivity index (χ1) is 7.49. The minimum Gasteiger partial charge on any atom is -0.384 e. The molecule has 0 unspecified atom stereocenters. The highest BCUT2D eigenvalue weighted by Gasteiger charge is 2.11. The minimum absolute atomic E-state index is 0.471.